The van der Waals surface area contributed by atoms with Crippen molar-refractivity contribution in [2.45, 2.75) is 31.9 Å². The van der Waals surface area contributed by atoms with E-state index in [1.807, 2.05) is 37.3 Å². The first kappa shape index (κ1) is 17.6. The molecule has 2 aliphatic heterocycles. The molecule has 0 unspecified atom stereocenters. The first-order valence-electron chi connectivity index (χ1n) is 9.02. The highest BCUT2D eigenvalue weighted by molar-refractivity contribution is 5.79. The third kappa shape index (κ3) is 4.31. The minimum absolute atomic E-state index is 0.0589. The van der Waals surface area contributed by atoms with Gasteiger partial charge in [0.05, 0.1) is 25.3 Å². The summed E-state index contributed by atoms with van der Waals surface area (Å²) in [6, 6.07) is 9.21. The molecule has 7 heteroatoms. The van der Waals surface area contributed by atoms with Crippen molar-refractivity contribution in [2.75, 3.05) is 20.0 Å². The Hall–Kier alpha value is -2.80. The predicted molar refractivity (Wildman–Crippen MR) is 97.0 cm³/mol. The van der Waals surface area contributed by atoms with E-state index in [4.69, 9.17) is 18.9 Å². The molecular weight excluding hydrogens is 348 g/mol. The summed E-state index contributed by atoms with van der Waals surface area (Å²) in [6.07, 6.45) is 2.42. The van der Waals surface area contributed by atoms with Crippen molar-refractivity contribution >= 4 is 5.91 Å². The van der Waals surface area contributed by atoms with Gasteiger partial charge in [0, 0.05) is 12.3 Å². The van der Waals surface area contributed by atoms with Crippen LogP contribution in [0.2, 0.25) is 0 Å². The van der Waals surface area contributed by atoms with E-state index in [1.165, 1.54) is 0 Å². The maximum absolute atomic E-state index is 12.5. The van der Waals surface area contributed by atoms with Crippen molar-refractivity contribution in [3.8, 4) is 17.2 Å². The number of amides is 1. The molecule has 7 nitrogen and oxygen atoms in total. The van der Waals surface area contributed by atoms with Crippen LogP contribution in [0.3, 0.4) is 0 Å². The van der Waals surface area contributed by atoms with Crippen molar-refractivity contribution in [3.63, 3.8) is 0 Å². The summed E-state index contributed by atoms with van der Waals surface area (Å²) in [5.74, 6) is 2.01. The molecule has 1 aromatic carbocycles. The van der Waals surface area contributed by atoms with Gasteiger partial charge in [0.25, 0.3) is 0 Å². The molecule has 142 valence electrons. The van der Waals surface area contributed by atoms with Crippen molar-refractivity contribution in [2.24, 2.45) is 0 Å². The van der Waals surface area contributed by atoms with Crippen LogP contribution in [0, 0.1) is 6.92 Å². The van der Waals surface area contributed by atoms with E-state index < -0.39 is 0 Å². The van der Waals surface area contributed by atoms with Gasteiger partial charge in [0.1, 0.15) is 11.9 Å². The third-order valence-corrected chi connectivity index (χ3v) is 4.62. The second-order valence-corrected chi connectivity index (χ2v) is 6.69. The standard InChI is InChI=1S/C20H22N2O5/c1-13-2-4-15(10-21-13)27-19-11-24-7-6-16(19)22-20(23)9-14-3-5-17-18(8-14)26-12-25-17/h2-5,8,10,16,19H,6-7,9,11-12H2,1H3,(H,22,23)/t16-,19+/m0/s1. The summed E-state index contributed by atoms with van der Waals surface area (Å²) in [4.78, 5) is 16.8. The topological polar surface area (TPSA) is 78.9 Å². The Bertz CT molecular complexity index is 809. The number of fused-ring (bicyclic) bond motifs is 1. The second-order valence-electron chi connectivity index (χ2n) is 6.69. The largest absolute Gasteiger partial charge is 0.484 e. The number of aromatic nitrogens is 1. The van der Waals surface area contributed by atoms with E-state index in [0.29, 0.717) is 36.9 Å². The average molecular weight is 370 g/mol. The van der Waals surface area contributed by atoms with Gasteiger partial charge in [-0.2, -0.15) is 0 Å². The number of nitrogens with one attached hydrogen (secondary N) is 1. The van der Waals surface area contributed by atoms with Gasteiger partial charge in [0.15, 0.2) is 11.5 Å². The molecule has 1 N–H and O–H groups in total. The zero-order valence-electron chi connectivity index (χ0n) is 15.1. The molecule has 0 radical (unpaired) electrons. The SMILES string of the molecule is Cc1ccc(O[C@@H]2COCC[C@@H]2NC(=O)Cc2ccc3c(c2)OCO3)cn1. The Morgan fingerprint density at radius 2 is 2.15 bits per heavy atom. The number of carbonyl (C=O) groups excluding carboxylic acids is 1. The van der Waals surface area contributed by atoms with E-state index in [2.05, 4.69) is 10.3 Å². The lowest BCUT2D eigenvalue weighted by Crippen LogP contribution is -2.51. The molecule has 0 aliphatic carbocycles. The van der Waals surface area contributed by atoms with Crippen LogP contribution in [0.1, 0.15) is 17.7 Å². The Kier molecular flexibility index (Phi) is 5.11. The molecule has 3 heterocycles. The lowest BCUT2D eigenvalue weighted by atomic mass is 10.0. The molecule has 2 aliphatic rings. The van der Waals surface area contributed by atoms with Gasteiger partial charge in [-0.25, -0.2) is 0 Å². The van der Waals surface area contributed by atoms with Crippen LogP contribution in [-0.4, -0.2) is 43.0 Å². The molecule has 1 amide bonds. The first-order valence-corrected chi connectivity index (χ1v) is 9.02. The van der Waals surface area contributed by atoms with Crippen molar-refractivity contribution in [3.05, 3.63) is 47.8 Å². The normalized spacial score (nSPS) is 20.9. The summed E-state index contributed by atoms with van der Waals surface area (Å²) in [6.45, 7) is 3.18. The summed E-state index contributed by atoms with van der Waals surface area (Å²) < 4.78 is 22.2. The summed E-state index contributed by atoms with van der Waals surface area (Å²) in [5, 5.41) is 3.08. The Morgan fingerprint density at radius 3 is 3.00 bits per heavy atom. The molecule has 0 saturated carbocycles. The van der Waals surface area contributed by atoms with Crippen LogP contribution in [0.15, 0.2) is 36.5 Å². The van der Waals surface area contributed by atoms with E-state index in [9.17, 15) is 4.79 Å². The fraction of sp³-hybridized carbons (Fsp3) is 0.400. The van der Waals surface area contributed by atoms with Gasteiger partial charge < -0.3 is 24.3 Å². The number of aryl methyl sites for hydroxylation is 1. The quantitative estimate of drug-likeness (QED) is 0.867. The molecule has 2 aromatic rings. The van der Waals surface area contributed by atoms with Gasteiger partial charge >= 0.3 is 0 Å². The molecule has 0 bridgehead atoms. The molecular formula is C20H22N2O5. The molecule has 0 spiro atoms. The highest BCUT2D eigenvalue weighted by Gasteiger charge is 2.29. The van der Waals surface area contributed by atoms with E-state index in [-0.39, 0.29) is 31.3 Å². The lowest BCUT2D eigenvalue weighted by molar-refractivity contribution is -0.123. The number of ether oxygens (including phenoxy) is 4. The fourth-order valence-corrected chi connectivity index (χ4v) is 3.19. The number of pyridine rings is 1. The molecule has 4 rings (SSSR count). The van der Waals surface area contributed by atoms with Gasteiger partial charge in [-0.05, 0) is 43.2 Å². The highest BCUT2D eigenvalue weighted by Crippen LogP contribution is 2.32. The summed E-state index contributed by atoms with van der Waals surface area (Å²) in [5.41, 5.74) is 1.81. The minimum Gasteiger partial charge on any atom is -0.484 e. The third-order valence-electron chi connectivity index (χ3n) is 4.62. The van der Waals surface area contributed by atoms with E-state index in [1.54, 1.807) is 6.20 Å². The summed E-state index contributed by atoms with van der Waals surface area (Å²) in [7, 11) is 0. The van der Waals surface area contributed by atoms with Crippen LogP contribution in [0.25, 0.3) is 0 Å². The van der Waals surface area contributed by atoms with Gasteiger partial charge in [-0.1, -0.05) is 6.07 Å². The van der Waals surface area contributed by atoms with Crippen LogP contribution in [-0.2, 0) is 16.0 Å². The Labute approximate surface area is 157 Å². The van der Waals surface area contributed by atoms with Crippen molar-refractivity contribution < 1.29 is 23.7 Å². The molecule has 1 aromatic heterocycles. The summed E-state index contributed by atoms with van der Waals surface area (Å²) >= 11 is 0. The first-order chi connectivity index (χ1) is 13.2. The number of carbonyl (C=O) groups is 1. The molecule has 2 atom stereocenters. The number of benzene rings is 1. The van der Waals surface area contributed by atoms with Gasteiger partial charge in [-0.15, -0.1) is 0 Å². The number of rotatable bonds is 5. The van der Waals surface area contributed by atoms with Crippen molar-refractivity contribution in [1.82, 2.24) is 10.3 Å². The van der Waals surface area contributed by atoms with Gasteiger partial charge in [-0.3, -0.25) is 9.78 Å². The maximum Gasteiger partial charge on any atom is 0.231 e. The van der Waals surface area contributed by atoms with Crippen LogP contribution in [0.4, 0.5) is 0 Å². The number of hydrogen-bond donors (Lipinski definition) is 1. The van der Waals surface area contributed by atoms with Crippen LogP contribution < -0.4 is 19.5 Å². The lowest BCUT2D eigenvalue weighted by Gasteiger charge is -2.32. The minimum atomic E-state index is -0.246. The smallest absolute Gasteiger partial charge is 0.231 e. The zero-order chi connectivity index (χ0) is 18.6. The van der Waals surface area contributed by atoms with E-state index >= 15 is 0 Å². The molecule has 27 heavy (non-hydrogen) atoms. The molecule has 1 fully saturated rings. The highest BCUT2D eigenvalue weighted by atomic mass is 16.7. The van der Waals surface area contributed by atoms with Crippen molar-refractivity contribution in [1.29, 1.82) is 0 Å². The predicted octanol–water partition coefficient (Wildman–Crippen LogP) is 2.01. The second kappa shape index (κ2) is 7.84. The maximum atomic E-state index is 12.5. The zero-order valence-corrected chi connectivity index (χ0v) is 15.1. The Morgan fingerprint density at radius 1 is 1.26 bits per heavy atom. The Balaban J connectivity index is 1.37. The number of hydrogen-bond acceptors (Lipinski definition) is 6. The monoisotopic (exact) mass is 370 g/mol. The number of nitrogens with zero attached hydrogens (tertiary/aromatic N) is 1. The van der Waals surface area contributed by atoms with Crippen LogP contribution in [0.5, 0.6) is 17.2 Å². The van der Waals surface area contributed by atoms with Gasteiger partial charge in [0.2, 0.25) is 12.7 Å². The van der Waals surface area contributed by atoms with Crippen LogP contribution >= 0.6 is 0 Å². The van der Waals surface area contributed by atoms with E-state index in [0.717, 1.165) is 11.3 Å². The molecule has 1 saturated heterocycles. The average Bonchev–Trinajstić information content (AvgIpc) is 3.13. The fourth-order valence-electron chi connectivity index (χ4n) is 3.19.